The summed E-state index contributed by atoms with van der Waals surface area (Å²) in [4.78, 5) is 18.1. The predicted octanol–water partition coefficient (Wildman–Crippen LogP) is 3.39. The van der Waals surface area contributed by atoms with E-state index in [9.17, 15) is 4.79 Å². The number of aromatic nitrogens is 1. The average molecular weight is 273 g/mol. The first kappa shape index (κ1) is 16.0. The lowest BCUT2D eigenvalue weighted by molar-refractivity contribution is -0.115. The number of amides is 1. The lowest BCUT2D eigenvalue weighted by Crippen LogP contribution is -2.14. The van der Waals surface area contributed by atoms with E-state index in [0.717, 1.165) is 24.1 Å². The molecular formula is C16H23N3O. The Morgan fingerprint density at radius 1 is 1.45 bits per heavy atom. The number of unbranched alkanes of at least 4 members (excludes halogenated alkanes) is 1. The molecule has 1 N–H and O–H groups in total. The zero-order valence-electron chi connectivity index (χ0n) is 12.5. The Morgan fingerprint density at radius 2 is 2.20 bits per heavy atom. The minimum Gasteiger partial charge on any atom is -0.376 e. The second-order valence-corrected chi connectivity index (χ2v) is 4.79. The van der Waals surface area contributed by atoms with Crippen molar-refractivity contribution < 1.29 is 4.79 Å². The first-order chi connectivity index (χ1) is 9.56. The van der Waals surface area contributed by atoms with Gasteiger partial charge in [0.15, 0.2) is 0 Å². The van der Waals surface area contributed by atoms with Gasteiger partial charge >= 0.3 is 0 Å². The number of anilines is 2. The molecule has 0 unspecified atom stereocenters. The van der Waals surface area contributed by atoms with Crippen LogP contribution in [0.1, 0.15) is 26.2 Å². The summed E-state index contributed by atoms with van der Waals surface area (Å²) < 4.78 is 0. The number of nitrogens with zero attached hydrogens (tertiary/aromatic N) is 2. The van der Waals surface area contributed by atoms with Crippen molar-refractivity contribution in [3.8, 4) is 0 Å². The van der Waals surface area contributed by atoms with Crippen LogP contribution in [0.2, 0.25) is 0 Å². The first-order valence-corrected chi connectivity index (χ1v) is 6.81. The van der Waals surface area contributed by atoms with Crippen LogP contribution in [0.15, 0.2) is 42.6 Å². The highest BCUT2D eigenvalue weighted by atomic mass is 16.1. The van der Waals surface area contributed by atoms with Crippen LogP contribution in [0.5, 0.6) is 0 Å². The van der Waals surface area contributed by atoms with Gasteiger partial charge in [-0.15, -0.1) is 0 Å². The van der Waals surface area contributed by atoms with Crippen LogP contribution >= 0.6 is 0 Å². The van der Waals surface area contributed by atoms with Crippen molar-refractivity contribution in [1.29, 1.82) is 0 Å². The van der Waals surface area contributed by atoms with Crippen molar-refractivity contribution >= 4 is 17.4 Å². The molecule has 0 aliphatic rings. The standard InChI is InChI=1S/C16H23N3O/c1-5-7-8-13(6-2)11-16(20)18-15-10-9-14(12-17-15)19(3)4/h6,8-10,12H,2,5,7,11H2,1,3-4H3,(H,17,18,20)/b13-8+. The predicted molar refractivity (Wildman–Crippen MR) is 85.0 cm³/mol. The van der Waals surface area contributed by atoms with Gasteiger partial charge in [-0.1, -0.05) is 32.1 Å². The molecular weight excluding hydrogens is 250 g/mol. The fraction of sp³-hybridized carbons (Fsp3) is 0.375. The summed E-state index contributed by atoms with van der Waals surface area (Å²) in [6, 6.07) is 3.72. The molecule has 1 rings (SSSR count). The van der Waals surface area contributed by atoms with Crippen molar-refractivity contribution in [2.75, 3.05) is 24.3 Å². The number of hydrogen-bond donors (Lipinski definition) is 1. The Bertz CT molecular complexity index is 475. The van der Waals surface area contributed by atoms with E-state index >= 15 is 0 Å². The summed E-state index contributed by atoms with van der Waals surface area (Å²) in [5.41, 5.74) is 1.95. The van der Waals surface area contributed by atoms with Crippen LogP contribution in [0.4, 0.5) is 11.5 Å². The molecule has 1 amide bonds. The number of pyridine rings is 1. The molecule has 1 heterocycles. The third-order valence-electron chi connectivity index (χ3n) is 2.85. The van der Waals surface area contributed by atoms with Crippen LogP contribution < -0.4 is 10.2 Å². The van der Waals surface area contributed by atoms with Crippen molar-refractivity contribution in [3.05, 3.63) is 42.6 Å². The van der Waals surface area contributed by atoms with E-state index in [0.29, 0.717) is 12.2 Å². The van der Waals surface area contributed by atoms with Gasteiger partial charge in [0, 0.05) is 14.1 Å². The minimum atomic E-state index is -0.0719. The number of carbonyl (C=O) groups is 1. The van der Waals surface area contributed by atoms with Gasteiger partial charge in [0.1, 0.15) is 5.82 Å². The first-order valence-electron chi connectivity index (χ1n) is 6.81. The largest absolute Gasteiger partial charge is 0.376 e. The molecule has 0 saturated heterocycles. The van der Waals surface area contributed by atoms with Crippen LogP contribution in [-0.4, -0.2) is 25.0 Å². The van der Waals surface area contributed by atoms with Crippen molar-refractivity contribution in [1.82, 2.24) is 4.98 Å². The Labute approximate surface area is 121 Å². The quantitative estimate of drug-likeness (QED) is 0.775. The number of hydrogen-bond acceptors (Lipinski definition) is 3. The van der Waals surface area contributed by atoms with E-state index in [1.165, 1.54) is 0 Å². The molecule has 4 nitrogen and oxygen atoms in total. The number of carbonyl (C=O) groups excluding carboxylic acids is 1. The molecule has 0 spiro atoms. The van der Waals surface area contributed by atoms with Gasteiger partial charge in [0.05, 0.1) is 18.3 Å². The molecule has 0 radical (unpaired) electrons. The van der Waals surface area contributed by atoms with Gasteiger partial charge in [0.25, 0.3) is 0 Å². The minimum absolute atomic E-state index is 0.0719. The fourth-order valence-corrected chi connectivity index (χ4v) is 1.65. The average Bonchev–Trinajstić information content (AvgIpc) is 2.43. The van der Waals surface area contributed by atoms with Crippen LogP contribution in [0.25, 0.3) is 0 Å². The van der Waals surface area contributed by atoms with E-state index < -0.39 is 0 Å². The summed E-state index contributed by atoms with van der Waals surface area (Å²) in [5, 5.41) is 2.79. The maximum atomic E-state index is 11.9. The van der Waals surface area contributed by atoms with E-state index in [1.54, 1.807) is 18.3 Å². The van der Waals surface area contributed by atoms with Crippen LogP contribution in [-0.2, 0) is 4.79 Å². The monoisotopic (exact) mass is 273 g/mol. The molecule has 0 aliphatic carbocycles. The topological polar surface area (TPSA) is 45.2 Å². The van der Waals surface area contributed by atoms with Gasteiger partial charge in [-0.3, -0.25) is 4.79 Å². The number of rotatable bonds is 7. The molecule has 0 aliphatic heterocycles. The zero-order chi connectivity index (χ0) is 15.0. The molecule has 0 atom stereocenters. The molecule has 20 heavy (non-hydrogen) atoms. The number of allylic oxidation sites excluding steroid dienone is 2. The number of nitrogens with one attached hydrogen (secondary N) is 1. The van der Waals surface area contributed by atoms with Crippen LogP contribution in [0.3, 0.4) is 0 Å². The summed E-state index contributed by atoms with van der Waals surface area (Å²) in [7, 11) is 3.90. The van der Waals surface area contributed by atoms with Crippen LogP contribution in [0, 0.1) is 0 Å². The smallest absolute Gasteiger partial charge is 0.229 e. The van der Waals surface area contributed by atoms with Gasteiger partial charge in [-0.2, -0.15) is 0 Å². The normalized spacial score (nSPS) is 11.1. The highest BCUT2D eigenvalue weighted by Gasteiger charge is 2.05. The zero-order valence-corrected chi connectivity index (χ0v) is 12.5. The third-order valence-corrected chi connectivity index (χ3v) is 2.85. The molecule has 0 aromatic carbocycles. The van der Waals surface area contributed by atoms with E-state index in [1.807, 2.05) is 25.1 Å². The highest BCUT2D eigenvalue weighted by molar-refractivity contribution is 5.91. The lowest BCUT2D eigenvalue weighted by Gasteiger charge is -2.12. The second-order valence-electron chi connectivity index (χ2n) is 4.79. The molecule has 1 aromatic rings. The molecule has 0 bridgehead atoms. The van der Waals surface area contributed by atoms with Crippen molar-refractivity contribution in [2.45, 2.75) is 26.2 Å². The Kier molecular flexibility index (Phi) is 6.50. The highest BCUT2D eigenvalue weighted by Crippen LogP contribution is 2.13. The summed E-state index contributed by atoms with van der Waals surface area (Å²) >= 11 is 0. The SMILES string of the molecule is C=C/C(=C\CCC)CC(=O)Nc1ccc(N(C)C)cn1. The fourth-order valence-electron chi connectivity index (χ4n) is 1.65. The Balaban J connectivity index is 2.59. The summed E-state index contributed by atoms with van der Waals surface area (Å²) in [6.07, 6.45) is 7.88. The maximum Gasteiger partial charge on any atom is 0.229 e. The molecule has 1 aromatic heterocycles. The van der Waals surface area contributed by atoms with E-state index in [4.69, 9.17) is 0 Å². The summed E-state index contributed by atoms with van der Waals surface area (Å²) in [5.74, 6) is 0.497. The van der Waals surface area contributed by atoms with Gasteiger partial charge < -0.3 is 10.2 Å². The summed E-state index contributed by atoms with van der Waals surface area (Å²) in [6.45, 7) is 5.84. The van der Waals surface area contributed by atoms with E-state index in [-0.39, 0.29) is 5.91 Å². The molecule has 0 fully saturated rings. The van der Waals surface area contributed by atoms with Gasteiger partial charge in [-0.05, 0) is 24.1 Å². The lowest BCUT2D eigenvalue weighted by atomic mass is 10.1. The van der Waals surface area contributed by atoms with Crippen molar-refractivity contribution in [2.24, 2.45) is 0 Å². The third kappa shape index (κ3) is 5.26. The molecule has 108 valence electrons. The van der Waals surface area contributed by atoms with Gasteiger partial charge in [-0.25, -0.2) is 4.98 Å². The maximum absolute atomic E-state index is 11.9. The molecule has 4 heteroatoms. The molecule has 0 saturated carbocycles. The Morgan fingerprint density at radius 3 is 2.70 bits per heavy atom. The van der Waals surface area contributed by atoms with E-state index in [2.05, 4.69) is 29.9 Å². The van der Waals surface area contributed by atoms with Gasteiger partial charge in [0.2, 0.25) is 5.91 Å². The Hall–Kier alpha value is -2.10. The van der Waals surface area contributed by atoms with Crippen molar-refractivity contribution in [3.63, 3.8) is 0 Å². The second kappa shape index (κ2) is 8.15.